The largest absolute Gasteiger partial charge is 0.291 e. The van der Waals surface area contributed by atoms with Gasteiger partial charge in [-0.2, -0.15) is 0 Å². The van der Waals surface area contributed by atoms with E-state index >= 15 is 0 Å². The van der Waals surface area contributed by atoms with Crippen LogP contribution in [-0.4, -0.2) is 33.1 Å². The number of carbonyl (C=O) groups excluding carboxylic acids is 1. The molecule has 2 nitrogen and oxygen atoms in total. The van der Waals surface area contributed by atoms with Crippen molar-refractivity contribution in [3.8, 4) is 0 Å². The van der Waals surface area contributed by atoms with Crippen LogP contribution in [0.15, 0.2) is 16.6 Å². The molecule has 1 unspecified atom stereocenters. The number of halogens is 1. The Morgan fingerprint density at radius 3 is 1.91 bits per heavy atom. The normalized spacial score (nSPS) is 14.7. The molecule has 0 fully saturated rings. The van der Waals surface area contributed by atoms with Crippen molar-refractivity contribution in [3.05, 3.63) is 11.6 Å². The van der Waals surface area contributed by atoms with E-state index in [-0.39, 0.29) is 17.0 Å². The monoisotopic (exact) mass is 359 g/mol. The summed E-state index contributed by atoms with van der Waals surface area (Å²) in [5, 5.41) is 0.153. The molecule has 0 aliphatic carbocycles. The molecule has 0 radical (unpaired) electrons. The van der Waals surface area contributed by atoms with Gasteiger partial charge in [0.1, 0.15) is 0 Å². The maximum absolute atomic E-state index is 11.5. The molecule has 0 amide bonds. The summed E-state index contributed by atoms with van der Waals surface area (Å²) in [6.45, 7) is 18.4. The van der Waals surface area contributed by atoms with Crippen molar-refractivity contribution in [2.75, 3.05) is 0 Å². The van der Waals surface area contributed by atoms with Gasteiger partial charge in [0.05, 0.1) is 6.04 Å². The predicted octanol–water partition coefficient (Wildman–Crippen LogP) is 5.98. The predicted molar refractivity (Wildman–Crippen MR) is 107 cm³/mol. The van der Waals surface area contributed by atoms with Gasteiger partial charge in [0, 0.05) is 22.6 Å². The minimum absolute atomic E-state index is 0.0677. The second kappa shape index (κ2) is 9.19. The van der Waals surface area contributed by atoms with Crippen LogP contribution in [0, 0.1) is 0 Å². The first-order chi connectivity index (χ1) is 9.84. The van der Waals surface area contributed by atoms with Crippen LogP contribution in [0.2, 0.25) is 51.4 Å². The average Bonchev–Trinajstić information content (AvgIpc) is 2.31. The highest BCUT2D eigenvalue weighted by Gasteiger charge is 2.21. The van der Waals surface area contributed by atoms with Crippen molar-refractivity contribution in [1.82, 2.24) is 0 Å². The first kappa shape index (κ1) is 21.8. The molecular formula is C17H34ClNOSi2. The lowest BCUT2D eigenvalue weighted by Crippen LogP contribution is -2.25. The van der Waals surface area contributed by atoms with Gasteiger partial charge < -0.3 is 0 Å². The number of hydrogen-bond donors (Lipinski definition) is 0. The van der Waals surface area contributed by atoms with Crippen LogP contribution in [0.5, 0.6) is 0 Å². The quantitative estimate of drug-likeness (QED) is 0.282. The van der Waals surface area contributed by atoms with E-state index in [1.54, 1.807) is 5.57 Å². The standard InChI is InChI=1S/C17H34ClNOSi2/c1-9-16(20)17(18)19-14(2)10-11-15(12-21(3,4)5)13-22(6,7)8/h11,14H,9-10,12-13H2,1-8H3. The molecule has 0 saturated heterocycles. The van der Waals surface area contributed by atoms with Crippen LogP contribution in [-0.2, 0) is 4.79 Å². The summed E-state index contributed by atoms with van der Waals surface area (Å²) in [4.78, 5) is 15.8. The van der Waals surface area contributed by atoms with E-state index in [1.807, 2.05) is 13.8 Å². The summed E-state index contributed by atoms with van der Waals surface area (Å²) >= 11 is 5.95. The SMILES string of the molecule is CCC(=O)C(Cl)=NC(C)CC=C(C[Si](C)(C)C)C[Si](C)(C)C. The van der Waals surface area contributed by atoms with Crippen LogP contribution in [0.4, 0.5) is 0 Å². The van der Waals surface area contributed by atoms with E-state index in [0.29, 0.717) is 6.42 Å². The molecule has 128 valence electrons. The van der Waals surface area contributed by atoms with Crippen molar-refractivity contribution in [2.24, 2.45) is 4.99 Å². The fraction of sp³-hybridized carbons (Fsp3) is 0.765. The van der Waals surface area contributed by atoms with Gasteiger partial charge in [-0.3, -0.25) is 9.79 Å². The lowest BCUT2D eigenvalue weighted by molar-refractivity contribution is -0.112. The smallest absolute Gasteiger partial charge is 0.192 e. The Bertz CT molecular complexity index is 413. The molecule has 5 heteroatoms. The minimum atomic E-state index is -1.11. The number of hydrogen-bond acceptors (Lipinski definition) is 2. The second-order valence-electron chi connectivity index (χ2n) is 8.62. The summed E-state index contributed by atoms with van der Waals surface area (Å²) in [6, 6.07) is 2.59. The molecular weight excluding hydrogens is 326 g/mol. The number of carbonyl (C=O) groups is 1. The second-order valence-corrected chi connectivity index (χ2v) is 19.9. The third-order valence-corrected chi connectivity index (χ3v) is 6.49. The summed E-state index contributed by atoms with van der Waals surface area (Å²) < 4.78 is 0. The number of allylic oxidation sites excluding steroid dienone is 1. The van der Waals surface area contributed by atoms with Crippen molar-refractivity contribution in [2.45, 2.75) is 84.1 Å². The highest BCUT2D eigenvalue weighted by molar-refractivity contribution is 6.83. The Morgan fingerprint density at radius 1 is 1.09 bits per heavy atom. The van der Waals surface area contributed by atoms with Crippen LogP contribution in [0.3, 0.4) is 0 Å². The lowest BCUT2D eigenvalue weighted by atomic mass is 10.2. The number of rotatable bonds is 9. The molecule has 0 aromatic carbocycles. The maximum atomic E-state index is 11.5. The Hall–Kier alpha value is -0.196. The van der Waals surface area contributed by atoms with Gasteiger partial charge in [-0.25, -0.2) is 0 Å². The highest BCUT2D eigenvalue weighted by Crippen LogP contribution is 2.26. The first-order valence-corrected chi connectivity index (χ1v) is 16.1. The Labute approximate surface area is 144 Å². The molecule has 0 heterocycles. The van der Waals surface area contributed by atoms with E-state index in [4.69, 9.17) is 11.6 Å². The molecule has 0 aliphatic rings. The molecule has 0 aromatic heterocycles. The molecule has 0 N–H and O–H groups in total. The molecule has 0 spiro atoms. The molecule has 1 atom stereocenters. The van der Waals surface area contributed by atoms with E-state index < -0.39 is 16.1 Å². The minimum Gasteiger partial charge on any atom is -0.291 e. The van der Waals surface area contributed by atoms with Crippen molar-refractivity contribution >= 4 is 38.7 Å². The number of nitrogens with zero attached hydrogens (tertiary/aromatic N) is 1. The van der Waals surface area contributed by atoms with E-state index in [1.165, 1.54) is 12.1 Å². The Morgan fingerprint density at radius 2 is 1.55 bits per heavy atom. The van der Waals surface area contributed by atoms with Crippen LogP contribution in [0.25, 0.3) is 0 Å². The van der Waals surface area contributed by atoms with Crippen molar-refractivity contribution in [3.63, 3.8) is 0 Å². The van der Waals surface area contributed by atoms with Gasteiger partial charge >= 0.3 is 0 Å². The number of ketones is 1. The van der Waals surface area contributed by atoms with E-state index in [2.05, 4.69) is 50.4 Å². The number of aliphatic imine (C=N–C) groups is 1. The summed E-state index contributed by atoms with van der Waals surface area (Å²) in [5.74, 6) is -0.0677. The van der Waals surface area contributed by atoms with Crippen LogP contribution < -0.4 is 0 Å². The van der Waals surface area contributed by atoms with E-state index in [0.717, 1.165) is 6.42 Å². The zero-order valence-electron chi connectivity index (χ0n) is 15.7. The van der Waals surface area contributed by atoms with Gasteiger partial charge in [0.2, 0.25) is 0 Å². The van der Waals surface area contributed by atoms with Gasteiger partial charge in [0.15, 0.2) is 11.0 Å². The van der Waals surface area contributed by atoms with Crippen molar-refractivity contribution in [1.29, 1.82) is 0 Å². The molecule has 0 bridgehead atoms. The third-order valence-electron chi connectivity index (χ3n) is 3.15. The zero-order valence-corrected chi connectivity index (χ0v) is 18.5. The van der Waals surface area contributed by atoms with Crippen LogP contribution >= 0.6 is 11.6 Å². The molecule has 0 aliphatic heterocycles. The van der Waals surface area contributed by atoms with Gasteiger partial charge in [-0.1, -0.05) is 69.5 Å². The number of Topliss-reactive ketones (excluding diaryl/α,β-unsaturated/α-hetero) is 1. The fourth-order valence-electron chi connectivity index (χ4n) is 2.37. The third kappa shape index (κ3) is 11.4. The summed E-state index contributed by atoms with van der Waals surface area (Å²) in [7, 11) is -2.22. The maximum Gasteiger partial charge on any atom is 0.192 e. The zero-order chi connectivity index (χ0) is 17.6. The summed E-state index contributed by atoms with van der Waals surface area (Å²) in [5.41, 5.74) is 1.60. The van der Waals surface area contributed by atoms with Gasteiger partial charge in [-0.15, -0.1) is 0 Å². The Balaban J connectivity index is 4.94. The molecule has 0 saturated carbocycles. The van der Waals surface area contributed by atoms with Crippen LogP contribution in [0.1, 0.15) is 26.7 Å². The van der Waals surface area contributed by atoms with Gasteiger partial charge in [-0.05, 0) is 25.4 Å². The first-order valence-electron chi connectivity index (χ1n) is 8.28. The molecule has 22 heavy (non-hydrogen) atoms. The average molecular weight is 360 g/mol. The van der Waals surface area contributed by atoms with E-state index in [9.17, 15) is 4.79 Å². The highest BCUT2D eigenvalue weighted by atomic mass is 35.5. The molecule has 0 aromatic rings. The fourth-order valence-corrected chi connectivity index (χ4v) is 6.18. The van der Waals surface area contributed by atoms with Gasteiger partial charge in [0.25, 0.3) is 0 Å². The summed E-state index contributed by atoms with van der Waals surface area (Å²) in [6.07, 6.45) is 3.66. The Kier molecular flexibility index (Phi) is 9.10. The van der Waals surface area contributed by atoms with Crippen molar-refractivity contribution < 1.29 is 4.79 Å². The topological polar surface area (TPSA) is 29.4 Å². The molecule has 0 rings (SSSR count). The lowest BCUT2D eigenvalue weighted by Gasteiger charge is -2.24.